The lowest BCUT2D eigenvalue weighted by atomic mass is 10.1. The van der Waals surface area contributed by atoms with Crippen molar-refractivity contribution < 1.29 is 4.74 Å². The number of nitrogens with zero attached hydrogens (tertiary/aromatic N) is 6. The molecule has 0 unspecified atom stereocenters. The van der Waals surface area contributed by atoms with Crippen LogP contribution in [0.25, 0.3) is 21.8 Å². The van der Waals surface area contributed by atoms with Gasteiger partial charge < -0.3 is 15.4 Å². The van der Waals surface area contributed by atoms with E-state index in [4.69, 9.17) is 4.74 Å². The number of anilines is 3. The van der Waals surface area contributed by atoms with Crippen LogP contribution in [0, 0.1) is 11.8 Å². The summed E-state index contributed by atoms with van der Waals surface area (Å²) < 4.78 is 7.76. The van der Waals surface area contributed by atoms with Gasteiger partial charge in [0.1, 0.15) is 23.0 Å². The van der Waals surface area contributed by atoms with Crippen molar-refractivity contribution in [3.8, 4) is 17.7 Å². The van der Waals surface area contributed by atoms with Gasteiger partial charge in [0, 0.05) is 54.8 Å². The first-order valence-electron chi connectivity index (χ1n) is 11.0. The molecule has 1 aliphatic heterocycles. The third-order valence-electron chi connectivity index (χ3n) is 5.61. The number of aromatic nitrogens is 6. The zero-order valence-corrected chi connectivity index (χ0v) is 18.4. The number of aryl methyl sites for hydroxylation is 1. The van der Waals surface area contributed by atoms with Gasteiger partial charge in [-0.15, -0.1) is 5.10 Å². The fourth-order valence-electron chi connectivity index (χ4n) is 3.94. The zero-order chi connectivity index (χ0) is 22.9. The summed E-state index contributed by atoms with van der Waals surface area (Å²) >= 11 is 0. The van der Waals surface area contributed by atoms with Crippen molar-refractivity contribution in [2.45, 2.75) is 13.0 Å². The maximum absolute atomic E-state index is 5.88. The van der Waals surface area contributed by atoms with Gasteiger partial charge >= 0.3 is 0 Å². The Balaban J connectivity index is 1.52. The molecule has 0 aliphatic carbocycles. The van der Waals surface area contributed by atoms with Crippen LogP contribution in [0.4, 0.5) is 17.5 Å². The lowest BCUT2D eigenvalue weighted by Crippen LogP contribution is -2.07. The molecule has 0 saturated carbocycles. The summed E-state index contributed by atoms with van der Waals surface area (Å²) in [6, 6.07) is 13.5. The molecule has 0 fully saturated rings. The number of fused-ring (bicyclic) bond motifs is 4. The van der Waals surface area contributed by atoms with Crippen LogP contribution >= 0.6 is 0 Å². The van der Waals surface area contributed by atoms with E-state index in [0.29, 0.717) is 30.7 Å². The normalized spacial score (nSPS) is 13.0. The molecule has 1 aromatic carbocycles. The van der Waals surface area contributed by atoms with Crippen molar-refractivity contribution >= 4 is 39.3 Å². The lowest BCUT2D eigenvalue weighted by Gasteiger charge is -2.11. The van der Waals surface area contributed by atoms with E-state index in [1.54, 1.807) is 12.4 Å². The van der Waals surface area contributed by atoms with Crippen LogP contribution in [0.1, 0.15) is 17.5 Å². The minimum atomic E-state index is 0.509. The Morgan fingerprint density at radius 3 is 2.94 bits per heavy atom. The molecule has 0 radical (unpaired) electrons. The highest BCUT2D eigenvalue weighted by atomic mass is 16.5. The summed E-state index contributed by atoms with van der Waals surface area (Å²) in [5, 5.41) is 16.8. The van der Waals surface area contributed by atoms with Crippen molar-refractivity contribution in [3.63, 3.8) is 0 Å². The summed E-state index contributed by atoms with van der Waals surface area (Å²) in [7, 11) is 1.84. The molecule has 0 atom stereocenters. The van der Waals surface area contributed by atoms with E-state index in [0.717, 1.165) is 45.2 Å². The standard InChI is InChI=1S/C25H20N8O/c1-26-25-19-15-27-23-13-18(19)17(14-28-25)8-6-16-7-9-20-21(12-16)33(32-31-20)10-3-11-34-24-5-2-4-22(29-23)30-24/h2,4-5,7,9,12-15H,3,10-11H2,1H3,(H,26,28)(H,27,29,30). The Morgan fingerprint density at radius 1 is 1.03 bits per heavy atom. The maximum atomic E-state index is 5.88. The molecule has 5 heterocycles. The molecule has 0 amide bonds. The Hall–Kier alpha value is -4.71. The topological polar surface area (TPSA) is 103 Å². The third kappa shape index (κ3) is 3.71. The van der Waals surface area contributed by atoms with E-state index in [-0.39, 0.29) is 0 Å². The molecule has 6 bridgehead atoms. The first-order chi connectivity index (χ1) is 16.8. The second-order valence-electron chi connectivity index (χ2n) is 7.84. The van der Waals surface area contributed by atoms with Gasteiger partial charge in [0.15, 0.2) is 0 Å². The molecule has 34 heavy (non-hydrogen) atoms. The Morgan fingerprint density at radius 2 is 2.00 bits per heavy atom. The van der Waals surface area contributed by atoms with Crippen LogP contribution in [-0.4, -0.2) is 43.6 Å². The summed E-state index contributed by atoms with van der Waals surface area (Å²) in [4.78, 5) is 13.6. The molecule has 9 nitrogen and oxygen atoms in total. The molecule has 5 aromatic rings. The van der Waals surface area contributed by atoms with Gasteiger partial charge in [-0.3, -0.25) is 0 Å². The van der Waals surface area contributed by atoms with Crippen molar-refractivity contribution in [1.82, 2.24) is 29.9 Å². The van der Waals surface area contributed by atoms with E-state index in [1.165, 1.54) is 0 Å². The highest BCUT2D eigenvalue weighted by Gasteiger charge is 2.10. The van der Waals surface area contributed by atoms with E-state index in [1.807, 2.05) is 54.2 Å². The Bertz CT molecular complexity index is 1600. The van der Waals surface area contributed by atoms with Crippen molar-refractivity contribution in [2.24, 2.45) is 0 Å². The predicted octanol–water partition coefficient (Wildman–Crippen LogP) is 3.74. The van der Waals surface area contributed by atoms with Crippen molar-refractivity contribution in [2.75, 3.05) is 24.3 Å². The Kier molecular flexibility index (Phi) is 4.88. The number of hydrogen-bond acceptors (Lipinski definition) is 8. The van der Waals surface area contributed by atoms with E-state index >= 15 is 0 Å². The zero-order valence-electron chi connectivity index (χ0n) is 18.4. The highest BCUT2D eigenvalue weighted by molar-refractivity contribution is 5.96. The number of nitrogens with one attached hydrogen (secondary N) is 2. The highest BCUT2D eigenvalue weighted by Crippen LogP contribution is 2.27. The van der Waals surface area contributed by atoms with E-state index < -0.39 is 0 Å². The maximum Gasteiger partial charge on any atom is 0.215 e. The first kappa shape index (κ1) is 19.9. The fraction of sp³-hybridized carbons (Fsp3) is 0.160. The molecule has 2 N–H and O–H groups in total. The second kappa shape index (κ2) is 8.33. The van der Waals surface area contributed by atoms with Crippen LogP contribution in [0.3, 0.4) is 0 Å². The summed E-state index contributed by atoms with van der Waals surface area (Å²) in [6.45, 7) is 1.19. The summed E-state index contributed by atoms with van der Waals surface area (Å²) in [5.74, 6) is 9.17. The van der Waals surface area contributed by atoms with Crippen LogP contribution in [-0.2, 0) is 6.54 Å². The predicted molar refractivity (Wildman–Crippen MR) is 130 cm³/mol. The minimum absolute atomic E-state index is 0.509. The van der Waals surface area contributed by atoms with Gasteiger partial charge in [-0.05, 0) is 30.3 Å². The van der Waals surface area contributed by atoms with Crippen LogP contribution in [0.2, 0.25) is 0 Å². The minimum Gasteiger partial charge on any atom is -0.478 e. The number of benzene rings is 1. The number of pyridine rings is 3. The third-order valence-corrected chi connectivity index (χ3v) is 5.61. The molecule has 9 heteroatoms. The molecular weight excluding hydrogens is 428 g/mol. The average Bonchev–Trinajstić information content (AvgIpc) is 3.27. The van der Waals surface area contributed by atoms with Gasteiger partial charge in [0.25, 0.3) is 0 Å². The SMILES string of the molecule is CNc1ncc2c3cc(ncc13)Nc1cccc(n1)OCCCn1nnc3ccc(cc31)C#C2. The van der Waals surface area contributed by atoms with Crippen LogP contribution in [0.15, 0.2) is 54.9 Å². The quantitative estimate of drug-likeness (QED) is 0.374. The number of ether oxygens (including phenoxy) is 1. The van der Waals surface area contributed by atoms with Gasteiger partial charge in [-0.1, -0.05) is 23.1 Å². The van der Waals surface area contributed by atoms with E-state index in [9.17, 15) is 0 Å². The second-order valence-corrected chi connectivity index (χ2v) is 7.84. The fourth-order valence-corrected chi connectivity index (χ4v) is 3.94. The molecule has 0 saturated heterocycles. The molecule has 6 rings (SSSR count). The molecular formula is C25H20N8O. The Labute approximate surface area is 195 Å². The smallest absolute Gasteiger partial charge is 0.215 e. The van der Waals surface area contributed by atoms with Crippen molar-refractivity contribution in [1.29, 1.82) is 0 Å². The van der Waals surface area contributed by atoms with Gasteiger partial charge in [-0.25, -0.2) is 14.6 Å². The van der Waals surface area contributed by atoms with Gasteiger partial charge in [0.2, 0.25) is 5.88 Å². The molecule has 0 spiro atoms. The first-order valence-corrected chi connectivity index (χ1v) is 11.0. The largest absolute Gasteiger partial charge is 0.478 e. The number of hydrogen-bond donors (Lipinski definition) is 2. The van der Waals surface area contributed by atoms with Crippen LogP contribution in [0.5, 0.6) is 5.88 Å². The summed E-state index contributed by atoms with van der Waals surface area (Å²) in [5.41, 5.74) is 3.46. The van der Waals surface area contributed by atoms with Gasteiger partial charge in [0.05, 0.1) is 17.7 Å². The molecule has 1 aliphatic rings. The average molecular weight is 448 g/mol. The lowest BCUT2D eigenvalue weighted by molar-refractivity contribution is 0.289. The molecule has 4 aromatic heterocycles. The van der Waals surface area contributed by atoms with Crippen LogP contribution < -0.4 is 15.4 Å². The molecule has 166 valence electrons. The summed E-state index contributed by atoms with van der Waals surface area (Å²) in [6.07, 6.45) is 4.33. The van der Waals surface area contributed by atoms with Crippen molar-refractivity contribution in [3.05, 3.63) is 66.0 Å². The number of rotatable bonds is 1. The monoisotopic (exact) mass is 448 g/mol. The van der Waals surface area contributed by atoms with E-state index in [2.05, 4.69) is 47.7 Å². The van der Waals surface area contributed by atoms with Gasteiger partial charge in [-0.2, -0.15) is 4.98 Å².